The topological polar surface area (TPSA) is 59.5 Å². The second-order valence-electron chi connectivity index (χ2n) is 5.16. The van der Waals surface area contributed by atoms with Crippen LogP contribution in [0.3, 0.4) is 0 Å². The van der Waals surface area contributed by atoms with Crippen molar-refractivity contribution in [3.05, 3.63) is 58.9 Å². The van der Waals surface area contributed by atoms with Crippen LogP contribution in [0.15, 0.2) is 36.7 Å². The summed E-state index contributed by atoms with van der Waals surface area (Å²) in [5, 5.41) is 0. The van der Waals surface area contributed by atoms with Crippen LogP contribution in [0.5, 0.6) is 5.75 Å². The smallest absolute Gasteiger partial charge is 0.255 e. The maximum atomic E-state index is 12.5. The summed E-state index contributed by atoms with van der Waals surface area (Å²) in [7, 11) is 1.54. The van der Waals surface area contributed by atoms with E-state index in [0.29, 0.717) is 30.0 Å². The van der Waals surface area contributed by atoms with Crippen LogP contribution in [0.1, 0.15) is 31.8 Å². The molecule has 1 aliphatic rings. The Kier molecular flexibility index (Phi) is 3.87. The lowest BCUT2D eigenvalue weighted by Gasteiger charge is -2.30. The number of aromatic nitrogens is 1. The molecule has 0 unspecified atom stereocenters. The van der Waals surface area contributed by atoms with Crippen molar-refractivity contribution < 1.29 is 14.3 Å². The van der Waals surface area contributed by atoms with Gasteiger partial charge in [0.2, 0.25) is 0 Å². The third-order valence-electron chi connectivity index (χ3n) is 3.95. The first-order valence-corrected chi connectivity index (χ1v) is 7.08. The molecule has 1 amide bonds. The van der Waals surface area contributed by atoms with Gasteiger partial charge in [-0.1, -0.05) is 6.07 Å². The Hall–Kier alpha value is -2.69. The molecule has 5 heteroatoms. The number of hydrogen-bond acceptors (Lipinski definition) is 4. The van der Waals surface area contributed by atoms with Crippen molar-refractivity contribution in [1.82, 2.24) is 9.88 Å². The van der Waals surface area contributed by atoms with Gasteiger partial charge in [-0.25, -0.2) is 0 Å². The van der Waals surface area contributed by atoms with Crippen molar-refractivity contribution in [2.24, 2.45) is 0 Å². The van der Waals surface area contributed by atoms with Gasteiger partial charge in [0.1, 0.15) is 5.75 Å². The molecule has 5 nitrogen and oxygen atoms in total. The third-order valence-corrected chi connectivity index (χ3v) is 3.95. The van der Waals surface area contributed by atoms with E-state index < -0.39 is 0 Å². The molecule has 0 aliphatic carbocycles. The summed E-state index contributed by atoms with van der Waals surface area (Å²) in [5.41, 5.74) is 3.06. The molecule has 2 heterocycles. The summed E-state index contributed by atoms with van der Waals surface area (Å²) in [6, 6.07) is 7.26. The highest BCUT2D eigenvalue weighted by atomic mass is 16.5. The molecular weight excluding hydrogens is 280 g/mol. The first kappa shape index (κ1) is 14.3. The van der Waals surface area contributed by atoms with E-state index in [-0.39, 0.29) is 5.91 Å². The van der Waals surface area contributed by atoms with Crippen molar-refractivity contribution in [2.75, 3.05) is 13.7 Å². The van der Waals surface area contributed by atoms with E-state index in [4.69, 9.17) is 4.74 Å². The number of amides is 1. The van der Waals surface area contributed by atoms with E-state index in [1.54, 1.807) is 35.5 Å². The molecular formula is C17H16N2O3. The lowest BCUT2D eigenvalue weighted by Crippen LogP contribution is -2.36. The van der Waals surface area contributed by atoms with Crippen molar-refractivity contribution in [2.45, 2.75) is 13.0 Å². The van der Waals surface area contributed by atoms with E-state index in [2.05, 4.69) is 4.98 Å². The zero-order valence-electron chi connectivity index (χ0n) is 12.3. The van der Waals surface area contributed by atoms with Crippen LogP contribution < -0.4 is 4.74 Å². The molecule has 0 saturated carbocycles. The molecule has 2 aromatic rings. The second-order valence-corrected chi connectivity index (χ2v) is 5.16. The number of rotatable bonds is 3. The van der Waals surface area contributed by atoms with E-state index in [1.165, 1.54) is 7.11 Å². The fourth-order valence-electron chi connectivity index (χ4n) is 2.79. The quantitative estimate of drug-likeness (QED) is 0.814. The van der Waals surface area contributed by atoms with Gasteiger partial charge in [0.05, 0.1) is 18.2 Å². The predicted molar refractivity (Wildman–Crippen MR) is 81.1 cm³/mol. The Morgan fingerprint density at radius 3 is 2.91 bits per heavy atom. The molecule has 0 N–H and O–H groups in total. The minimum atomic E-state index is -0.0709. The fraction of sp³-hybridized carbons (Fsp3) is 0.235. The highest BCUT2D eigenvalue weighted by Gasteiger charge is 2.25. The number of hydrogen-bond donors (Lipinski definition) is 0. The molecule has 1 aromatic carbocycles. The molecule has 0 spiro atoms. The SMILES string of the molecule is COc1ccc2c(c1C=O)CN(C(=O)c1cccnc1)CC2. The highest BCUT2D eigenvalue weighted by molar-refractivity contribution is 5.94. The Bertz CT molecular complexity index is 713. The number of methoxy groups -OCH3 is 1. The average molecular weight is 296 g/mol. The maximum absolute atomic E-state index is 12.5. The largest absolute Gasteiger partial charge is 0.496 e. The lowest BCUT2D eigenvalue weighted by atomic mass is 9.94. The van der Waals surface area contributed by atoms with Gasteiger partial charge >= 0.3 is 0 Å². The van der Waals surface area contributed by atoms with Gasteiger partial charge in [-0.2, -0.15) is 0 Å². The molecule has 1 aromatic heterocycles. The summed E-state index contributed by atoms with van der Waals surface area (Å²) < 4.78 is 5.24. The zero-order chi connectivity index (χ0) is 15.5. The van der Waals surface area contributed by atoms with Crippen LogP contribution in [-0.4, -0.2) is 35.7 Å². The normalized spacial score (nSPS) is 13.4. The highest BCUT2D eigenvalue weighted by Crippen LogP contribution is 2.29. The fourth-order valence-corrected chi connectivity index (χ4v) is 2.79. The number of ether oxygens (including phenoxy) is 1. The third kappa shape index (κ3) is 2.45. The first-order valence-electron chi connectivity index (χ1n) is 7.08. The van der Waals surface area contributed by atoms with Crippen molar-refractivity contribution >= 4 is 12.2 Å². The Morgan fingerprint density at radius 2 is 2.23 bits per heavy atom. The zero-order valence-corrected chi connectivity index (χ0v) is 12.3. The molecule has 0 bridgehead atoms. The molecule has 112 valence electrons. The minimum absolute atomic E-state index is 0.0709. The van der Waals surface area contributed by atoms with Gasteiger partial charge in [-0.15, -0.1) is 0 Å². The van der Waals surface area contributed by atoms with Crippen LogP contribution in [0.25, 0.3) is 0 Å². The summed E-state index contributed by atoms with van der Waals surface area (Å²) >= 11 is 0. The van der Waals surface area contributed by atoms with Crippen molar-refractivity contribution in [3.8, 4) is 5.75 Å². The summed E-state index contributed by atoms with van der Waals surface area (Å²) in [4.78, 5) is 29.7. The molecule has 1 aliphatic heterocycles. The molecule has 22 heavy (non-hydrogen) atoms. The van der Waals surface area contributed by atoms with E-state index >= 15 is 0 Å². The molecule has 3 rings (SSSR count). The van der Waals surface area contributed by atoms with E-state index in [0.717, 1.165) is 23.8 Å². The standard InChI is InChI=1S/C17H16N2O3/c1-22-16-5-4-12-6-8-19(10-14(12)15(16)11-20)17(21)13-3-2-7-18-9-13/h2-5,7,9,11H,6,8,10H2,1H3. The monoisotopic (exact) mass is 296 g/mol. The van der Waals surface area contributed by atoms with Gasteiger partial charge in [-0.3, -0.25) is 14.6 Å². The van der Waals surface area contributed by atoms with Gasteiger partial charge in [0.25, 0.3) is 5.91 Å². The average Bonchev–Trinajstić information content (AvgIpc) is 2.60. The summed E-state index contributed by atoms with van der Waals surface area (Å²) in [6.07, 6.45) is 4.73. The first-order chi connectivity index (χ1) is 10.7. The molecule has 0 saturated heterocycles. The van der Waals surface area contributed by atoms with Crippen LogP contribution in [-0.2, 0) is 13.0 Å². The van der Waals surface area contributed by atoms with Gasteiger partial charge < -0.3 is 9.64 Å². The van der Waals surface area contributed by atoms with E-state index in [9.17, 15) is 9.59 Å². The van der Waals surface area contributed by atoms with Crippen molar-refractivity contribution in [3.63, 3.8) is 0 Å². The number of carbonyl (C=O) groups excluding carboxylic acids is 2. The van der Waals surface area contributed by atoms with Crippen LogP contribution in [0, 0.1) is 0 Å². The second kappa shape index (κ2) is 5.97. The van der Waals surface area contributed by atoms with Gasteiger partial charge in [0.15, 0.2) is 6.29 Å². The Labute approximate surface area is 128 Å². The Balaban J connectivity index is 1.93. The van der Waals surface area contributed by atoms with Crippen LogP contribution in [0.4, 0.5) is 0 Å². The number of pyridine rings is 1. The van der Waals surface area contributed by atoms with Crippen molar-refractivity contribution in [1.29, 1.82) is 0 Å². The Morgan fingerprint density at radius 1 is 1.36 bits per heavy atom. The van der Waals surface area contributed by atoms with Gasteiger partial charge in [0, 0.05) is 25.5 Å². The van der Waals surface area contributed by atoms with Gasteiger partial charge in [-0.05, 0) is 35.7 Å². The lowest BCUT2D eigenvalue weighted by molar-refractivity contribution is 0.0732. The minimum Gasteiger partial charge on any atom is -0.496 e. The predicted octanol–water partition coefficient (Wildman–Crippen LogP) is 2.10. The number of nitrogens with zero attached hydrogens (tertiary/aromatic N) is 2. The van der Waals surface area contributed by atoms with E-state index in [1.807, 2.05) is 6.07 Å². The number of aldehydes is 1. The molecule has 0 radical (unpaired) electrons. The maximum Gasteiger partial charge on any atom is 0.255 e. The van der Waals surface area contributed by atoms with Crippen LogP contribution in [0.2, 0.25) is 0 Å². The molecule has 0 fully saturated rings. The number of carbonyl (C=O) groups is 2. The summed E-state index contributed by atoms with van der Waals surface area (Å²) in [5.74, 6) is 0.475. The summed E-state index contributed by atoms with van der Waals surface area (Å²) in [6.45, 7) is 1.04. The number of benzene rings is 1. The molecule has 0 atom stereocenters. The van der Waals surface area contributed by atoms with Crippen LogP contribution >= 0.6 is 0 Å². The number of fused-ring (bicyclic) bond motifs is 1.